The van der Waals surface area contributed by atoms with Gasteiger partial charge in [0.15, 0.2) is 0 Å². The summed E-state index contributed by atoms with van der Waals surface area (Å²) in [5.41, 5.74) is 2.26. The largest absolute Gasteiger partial charge is 0.279 e. The summed E-state index contributed by atoms with van der Waals surface area (Å²) in [6, 6.07) is 5.70. The average Bonchev–Trinajstić information content (AvgIpc) is 2.36. The lowest BCUT2D eigenvalue weighted by atomic mass is 10.1. The summed E-state index contributed by atoms with van der Waals surface area (Å²) in [5.74, 6) is -0.238. The van der Waals surface area contributed by atoms with Crippen LogP contribution in [0.3, 0.4) is 0 Å². The molecule has 0 bridgehead atoms. The van der Waals surface area contributed by atoms with Crippen LogP contribution in [0.1, 0.15) is 15.9 Å². The molecule has 2 aromatic rings. The number of aromatic nitrogens is 2. The summed E-state index contributed by atoms with van der Waals surface area (Å²) < 4.78 is 0. The minimum absolute atomic E-state index is 0.238. The number of carbonyl (C=O) groups is 1. The molecule has 0 aliphatic rings. The van der Waals surface area contributed by atoms with Gasteiger partial charge in [-0.1, -0.05) is 11.6 Å². The van der Waals surface area contributed by atoms with E-state index < -0.39 is 0 Å². The number of rotatable bonds is 2. The van der Waals surface area contributed by atoms with Crippen molar-refractivity contribution < 1.29 is 9.63 Å². The zero-order valence-corrected chi connectivity index (χ0v) is 9.97. The molecule has 88 valence electrons. The predicted octanol–water partition coefficient (Wildman–Crippen LogP) is 1.57. The number of fused-ring (bicyclic) bond motifs is 1. The van der Waals surface area contributed by atoms with E-state index >= 15 is 0 Å². The van der Waals surface area contributed by atoms with Crippen LogP contribution in [0, 0.1) is 6.92 Å². The van der Waals surface area contributed by atoms with Crippen molar-refractivity contribution in [1.82, 2.24) is 15.3 Å². The Morgan fingerprint density at radius 3 is 2.88 bits per heavy atom. The third-order valence-corrected chi connectivity index (χ3v) is 2.58. The third kappa shape index (κ3) is 2.09. The maximum Gasteiger partial charge on any atom is 0.279 e. The minimum atomic E-state index is -0.238. The first-order valence-electron chi connectivity index (χ1n) is 5.17. The van der Waals surface area contributed by atoms with Crippen LogP contribution in [0.25, 0.3) is 10.9 Å². The maximum absolute atomic E-state index is 12.0. The summed E-state index contributed by atoms with van der Waals surface area (Å²) >= 11 is 0. The Balaban J connectivity index is 2.61. The number of hydrogen-bond acceptors (Lipinski definition) is 4. The number of hydroxylamine groups is 2. The highest BCUT2D eigenvalue weighted by Crippen LogP contribution is 2.18. The molecule has 0 radical (unpaired) electrons. The standard InChI is InChI=1S/C12H13N3O2/c1-8-4-5-11-9(6-8)10(7-13-14-11)12(16)15(2)17-3/h4-7H,1-3H3. The summed E-state index contributed by atoms with van der Waals surface area (Å²) in [6.45, 7) is 1.97. The fourth-order valence-corrected chi connectivity index (χ4v) is 1.59. The molecule has 0 N–H and O–H groups in total. The number of aryl methyl sites for hydroxylation is 1. The molecule has 1 amide bonds. The van der Waals surface area contributed by atoms with E-state index in [2.05, 4.69) is 10.2 Å². The summed E-state index contributed by atoms with van der Waals surface area (Å²) in [7, 11) is 3.00. The fourth-order valence-electron chi connectivity index (χ4n) is 1.59. The van der Waals surface area contributed by atoms with Crippen molar-refractivity contribution in [3.63, 3.8) is 0 Å². The SMILES string of the molecule is CON(C)C(=O)c1cnnc2ccc(C)cc12. The Labute approximate surface area is 99.0 Å². The van der Waals surface area contributed by atoms with Gasteiger partial charge in [0.1, 0.15) is 0 Å². The van der Waals surface area contributed by atoms with Crippen molar-refractivity contribution in [3.05, 3.63) is 35.5 Å². The van der Waals surface area contributed by atoms with Crippen molar-refractivity contribution in [2.45, 2.75) is 6.92 Å². The van der Waals surface area contributed by atoms with Gasteiger partial charge in [-0.05, 0) is 19.1 Å². The molecule has 0 unspecified atom stereocenters. The zero-order valence-electron chi connectivity index (χ0n) is 9.97. The first kappa shape index (κ1) is 11.5. The normalized spacial score (nSPS) is 10.5. The number of nitrogens with zero attached hydrogens (tertiary/aromatic N) is 3. The van der Waals surface area contributed by atoms with Crippen LogP contribution < -0.4 is 0 Å². The summed E-state index contributed by atoms with van der Waals surface area (Å²) in [4.78, 5) is 16.9. The Kier molecular flexibility index (Phi) is 3.01. The van der Waals surface area contributed by atoms with Crippen LogP contribution in [0.5, 0.6) is 0 Å². The molecule has 0 atom stereocenters. The van der Waals surface area contributed by atoms with Gasteiger partial charge in [-0.3, -0.25) is 9.63 Å². The van der Waals surface area contributed by atoms with Gasteiger partial charge >= 0.3 is 0 Å². The highest BCUT2D eigenvalue weighted by Gasteiger charge is 2.15. The van der Waals surface area contributed by atoms with E-state index in [1.165, 1.54) is 18.4 Å². The second-order valence-corrected chi connectivity index (χ2v) is 3.76. The van der Waals surface area contributed by atoms with E-state index in [4.69, 9.17) is 4.84 Å². The quantitative estimate of drug-likeness (QED) is 0.736. The van der Waals surface area contributed by atoms with Gasteiger partial charge in [0.05, 0.1) is 24.4 Å². The van der Waals surface area contributed by atoms with Gasteiger partial charge in [0, 0.05) is 12.4 Å². The van der Waals surface area contributed by atoms with Crippen LogP contribution in [0.2, 0.25) is 0 Å². The smallest absolute Gasteiger partial charge is 0.274 e. The van der Waals surface area contributed by atoms with Crippen molar-refractivity contribution >= 4 is 16.8 Å². The van der Waals surface area contributed by atoms with Gasteiger partial charge in [0.25, 0.3) is 5.91 Å². The van der Waals surface area contributed by atoms with Gasteiger partial charge in [0.2, 0.25) is 0 Å². The lowest BCUT2D eigenvalue weighted by molar-refractivity contribution is -0.0756. The Hall–Kier alpha value is -2.01. The van der Waals surface area contributed by atoms with Crippen molar-refractivity contribution in [1.29, 1.82) is 0 Å². The van der Waals surface area contributed by atoms with E-state index in [9.17, 15) is 4.79 Å². The Bertz CT molecular complexity index is 569. The zero-order chi connectivity index (χ0) is 12.4. The van der Waals surface area contributed by atoms with Crippen molar-refractivity contribution in [3.8, 4) is 0 Å². The molecule has 0 saturated heterocycles. The molecule has 0 spiro atoms. The van der Waals surface area contributed by atoms with Crippen LogP contribution in [0.4, 0.5) is 0 Å². The lowest BCUT2D eigenvalue weighted by Crippen LogP contribution is -2.25. The highest BCUT2D eigenvalue weighted by molar-refractivity contribution is 6.05. The van der Waals surface area contributed by atoms with E-state index in [1.54, 1.807) is 7.05 Å². The molecule has 0 aliphatic heterocycles. The van der Waals surface area contributed by atoms with E-state index in [-0.39, 0.29) is 5.91 Å². The molecule has 5 nitrogen and oxygen atoms in total. The fraction of sp³-hybridized carbons (Fsp3) is 0.250. The van der Waals surface area contributed by atoms with Gasteiger partial charge in [-0.15, -0.1) is 0 Å². The molecule has 1 heterocycles. The van der Waals surface area contributed by atoms with E-state index in [0.717, 1.165) is 10.9 Å². The van der Waals surface area contributed by atoms with Crippen LogP contribution in [0.15, 0.2) is 24.4 Å². The number of hydrogen-bond donors (Lipinski definition) is 0. The molecule has 2 rings (SSSR count). The van der Waals surface area contributed by atoms with Gasteiger partial charge < -0.3 is 0 Å². The second-order valence-electron chi connectivity index (χ2n) is 3.76. The molecule has 5 heteroatoms. The second kappa shape index (κ2) is 4.47. The first-order chi connectivity index (χ1) is 8.13. The van der Waals surface area contributed by atoms with Crippen molar-refractivity contribution in [2.75, 3.05) is 14.2 Å². The minimum Gasteiger partial charge on any atom is -0.274 e. The van der Waals surface area contributed by atoms with Gasteiger partial charge in [-0.2, -0.15) is 10.2 Å². The van der Waals surface area contributed by atoms with E-state index in [1.807, 2.05) is 25.1 Å². The van der Waals surface area contributed by atoms with Crippen LogP contribution >= 0.6 is 0 Å². The monoisotopic (exact) mass is 231 g/mol. The Morgan fingerprint density at radius 2 is 2.18 bits per heavy atom. The number of amides is 1. The van der Waals surface area contributed by atoms with E-state index in [0.29, 0.717) is 11.1 Å². The highest BCUT2D eigenvalue weighted by atomic mass is 16.7. The topological polar surface area (TPSA) is 55.3 Å². The Morgan fingerprint density at radius 1 is 1.41 bits per heavy atom. The van der Waals surface area contributed by atoms with Gasteiger partial charge in [-0.25, -0.2) is 5.06 Å². The molecule has 0 aliphatic carbocycles. The molecule has 1 aromatic heterocycles. The van der Waals surface area contributed by atoms with Crippen LogP contribution in [-0.2, 0) is 4.84 Å². The molecule has 17 heavy (non-hydrogen) atoms. The number of carbonyl (C=O) groups excluding carboxylic acids is 1. The van der Waals surface area contributed by atoms with Crippen LogP contribution in [-0.4, -0.2) is 35.3 Å². The molecule has 1 aromatic carbocycles. The molecule has 0 saturated carbocycles. The maximum atomic E-state index is 12.0. The average molecular weight is 231 g/mol. The van der Waals surface area contributed by atoms with Crippen molar-refractivity contribution in [2.24, 2.45) is 0 Å². The molecule has 0 fully saturated rings. The lowest BCUT2D eigenvalue weighted by Gasteiger charge is -2.14. The number of benzene rings is 1. The predicted molar refractivity (Wildman–Crippen MR) is 63.4 cm³/mol. The summed E-state index contributed by atoms with van der Waals surface area (Å²) in [5, 5.41) is 9.77. The third-order valence-electron chi connectivity index (χ3n) is 2.58. The summed E-state index contributed by atoms with van der Waals surface area (Å²) in [6.07, 6.45) is 1.46. The molecular formula is C12H13N3O2. The first-order valence-corrected chi connectivity index (χ1v) is 5.17. The molecular weight excluding hydrogens is 218 g/mol.